The first kappa shape index (κ1) is 17.4. The SMILES string of the molecule is CCNc1c(COCCOCC(C)C)cccc1[N+](=O)[O-]. The first-order valence-electron chi connectivity index (χ1n) is 7.21. The Balaban J connectivity index is 2.54. The van der Waals surface area contributed by atoms with Gasteiger partial charge in [-0.25, -0.2) is 0 Å². The van der Waals surface area contributed by atoms with Crippen molar-refractivity contribution in [2.24, 2.45) is 5.92 Å². The zero-order valence-corrected chi connectivity index (χ0v) is 12.9. The average molecular weight is 296 g/mol. The van der Waals surface area contributed by atoms with E-state index in [-0.39, 0.29) is 10.6 Å². The maximum atomic E-state index is 11.0. The third-order valence-corrected chi connectivity index (χ3v) is 2.76. The van der Waals surface area contributed by atoms with Gasteiger partial charge in [-0.15, -0.1) is 0 Å². The number of anilines is 1. The van der Waals surface area contributed by atoms with E-state index in [9.17, 15) is 10.1 Å². The summed E-state index contributed by atoms with van der Waals surface area (Å²) in [5.74, 6) is 0.502. The monoisotopic (exact) mass is 296 g/mol. The Kier molecular flexibility index (Phi) is 7.71. The number of hydrogen-bond acceptors (Lipinski definition) is 5. The van der Waals surface area contributed by atoms with Gasteiger partial charge >= 0.3 is 0 Å². The van der Waals surface area contributed by atoms with E-state index in [1.807, 2.05) is 13.0 Å². The van der Waals surface area contributed by atoms with Crippen molar-refractivity contribution >= 4 is 11.4 Å². The molecule has 1 rings (SSSR count). The second-order valence-electron chi connectivity index (χ2n) is 5.12. The lowest BCUT2D eigenvalue weighted by Crippen LogP contribution is -2.10. The molecular weight excluding hydrogens is 272 g/mol. The quantitative estimate of drug-likeness (QED) is 0.408. The van der Waals surface area contributed by atoms with Crippen molar-refractivity contribution in [1.82, 2.24) is 0 Å². The summed E-state index contributed by atoms with van der Waals surface area (Å²) in [5.41, 5.74) is 1.40. The second kappa shape index (κ2) is 9.31. The van der Waals surface area contributed by atoms with Crippen molar-refractivity contribution in [3.63, 3.8) is 0 Å². The highest BCUT2D eigenvalue weighted by atomic mass is 16.6. The van der Waals surface area contributed by atoms with Gasteiger partial charge in [-0.3, -0.25) is 10.1 Å². The molecule has 0 aliphatic carbocycles. The van der Waals surface area contributed by atoms with E-state index < -0.39 is 0 Å². The van der Waals surface area contributed by atoms with Gasteiger partial charge in [-0.1, -0.05) is 26.0 Å². The van der Waals surface area contributed by atoms with Gasteiger partial charge in [0, 0.05) is 24.8 Å². The molecule has 0 fully saturated rings. The third-order valence-electron chi connectivity index (χ3n) is 2.76. The minimum absolute atomic E-state index is 0.0778. The fourth-order valence-electron chi connectivity index (χ4n) is 1.86. The van der Waals surface area contributed by atoms with Gasteiger partial charge in [-0.05, 0) is 12.8 Å². The number of benzene rings is 1. The Labute approximate surface area is 125 Å². The number of para-hydroxylation sites is 1. The summed E-state index contributed by atoms with van der Waals surface area (Å²) in [6.07, 6.45) is 0. The lowest BCUT2D eigenvalue weighted by Gasteiger charge is -2.12. The first-order valence-corrected chi connectivity index (χ1v) is 7.21. The van der Waals surface area contributed by atoms with E-state index in [0.29, 0.717) is 44.6 Å². The maximum absolute atomic E-state index is 11.0. The molecule has 118 valence electrons. The molecule has 0 aliphatic heterocycles. The van der Waals surface area contributed by atoms with Crippen LogP contribution in [-0.4, -0.2) is 31.3 Å². The molecule has 0 unspecified atom stereocenters. The minimum Gasteiger partial charge on any atom is -0.379 e. The summed E-state index contributed by atoms with van der Waals surface area (Å²) in [7, 11) is 0. The fourth-order valence-corrected chi connectivity index (χ4v) is 1.86. The minimum atomic E-state index is -0.382. The molecule has 0 aliphatic rings. The smallest absolute Gasteiger partial charge is 0.292 e. The molecule has 1 aromatic rings. The van der Waals surface area contributed by atoms with Crippen LogP contribution in [0.1, 0.15) is 26.3 Å². The summed E-state index contributed by atoms with van der Waals surface area (Å²) in [6.45, 7) is 8.75. The summed E-state index contributed by atoms with van der Waals surface area (Å²) in [5, 5.41) is 14.1. The standard InChI is InChI=1S/C15H24N2O4/c1-4-16-15-13(6-5-7-14(15)17(18)19)11-21-9-8-20-10-12(2)3/h5-7,12,16H,4,8-11H2,1-3H3. The van der Waals surface area contributed by atoms with Gasteiger partial charge in [0.25, 0.3) is 5.69 Å². The summed E-state index contributed by atoms with van der Waals surface area (Å²) < 4.78 is 11.0. The average Bonchev–Trinajstić information content (AvgIpc) is 2.43. The molecule has 0 aromatic heterocycles. The fraction of sp³-hybridized carbons (Fsp3) is 0.600. The molecule has 21 heavy (non-hydrogen) atoms. The number of nitrogens with one attached hydrogen (secondary N) is 1. The van der Waals surface area contributed by atoms with Crippen LogP contribution in [-0.2, 0) is 16.1 Å². The molecule has 0 spiro atoms. The van der Waals surface area contributed by atoms with Crippen LogP contribution in [0.2, 0.25) is 0 Å². The van der Waals surface area contributed by atoms with Gasteiger partial charge in [-0.2, -0.15) is 0 Å². The molecule has 1 aromatic carbocycles. The lowest BCUT2D eigenvalue weighted by molar-refractivity contribution is -0.384. The Bertz CT molecular complexity index is 449. The topological polar surface area (TPSA) is 73.6 Å². The van der Waals surface area contributed by atoms with Crippen LogP contribution in [0.25, 0.3) is 0 Å². The lowest BCUT2D eigenvalue weighted by atomic mass is 10.1. The van der Waals surface area contributed by atoms with Crippen LogP contribution in [0.3, 0.4) is 0 Å². The number of rotatable bonds is 10. The van der Waals surface area contributed by atoms with Crippen molar-refractivity contribution < 1.29 is 14.4 Å². The predicted octanol–water partition coefficient (Wildman–Crippen LogP) is 3.22. The third kappa shape index (κ3) is 6.10. The zero-order valence-electron chi connectivity index (χ0n) is 12.9. The summed E-state index contributed by atoms with van der Waals surface area (Å²) >= 11 is 0. The van der Waals surface area contributed by atoms with E-state index in [2.05, 4.69) is 19.2 Å². The van der Waals surface area contributed by atoms with E-state index >= 15 is 0 Å². The Hall–Kier alpha value is -1.66. The molecule has 0 bridgehead atoms. The highest BCUT2D eigenvalue weighted by Gasteiger charge is 2.16. The molecule has 0 amide bonds. The summed E-state index contributed by atoms with van der Waals surface area (Å²) in [4.78, 5) is 10.7. The van der Waals surface area contributed by atoms with Gasteiger partial charge in [0.1, 0.15) is 5.69 Å². The van der Waals surface area contributed by atoms with E-state index in [4.69, 9.17) is 9.47 Å². The highest BCUT2D eigenvalue weighted by molar-refractivity contribution is 5.66. The maximum Gasteiger partial charge on any atom is 0.292 e. The zero-order chi connectivity index (χ0) is 15.7. The van der Waals surface area contributed by atoms with Crippen LogP contribution in [0.5, 0.6) is 0 Å². The second-order valence-corrected chi connectivity index (χ2v) is 5.12. The van der Waals surface area contributed by atoms with Crippen molar-refractivity contribution in [2.45, 2.75) is 27.4 Å². The van der Waals surface area contributed by atoms with Crippen LogP contribution >= 0.6 is 0 Å². The van der Waals surface area contributed by atoms with Crippen molar-refractivity contribution in [1.29, 1.82) is 0 Å². The van der Waals surface area contributed by atoms with Crippen LogP contribution < -0.4 is 5.32 Å². The number of ether oxygens (including phenoxy) is 2. The Morgan fingerprint density at radius 2 is 2.00 bits per heavy atom. The molecule has 1 N–H and O–H groups in total. The highest BCUT2D eigenvalue weighted by Crippen LogP contribution is 2.28. The molecular formula is C15H24N2O4. The van der Waals surface area contributed by atoms with Crippen LogP contribution in [0.15, 0.2) is 18.2 Å². The predicted molar refractivity (Wildman–Crippen MR) is 82.6 cm³/mol. The van der Waals surface area contributed by atoms with Gasteiger partial charge in [0.2, 0.25) is 0 Å². The number of nitro benzene ring substituents is 1. The number of nitro groups is 1. The molecule has 6 heteroatoms. The van der Waals surface area contributed by atoms with Gasteiger partial charge in [0.15, 0.2) is 0 Å². The van der Waals surface area contributed by atoms with Crippen LogP contribution in [0.4, 0.5) is 11.4 Å². The summed E-state index contributed by atoms with van der Waals surface area (Å²) in [6, 6.07) is 5.00. The molecule has 0 atom stereocenters. The molecule has 0 heterocycles. The van der Waals surface area contributed by atoms with Crippen molar-refractivity contribution in [3.8, 4) is 0 Å². The van der Waals surface area contributed by atoms with Gasteiger partial charge < -0.3 is 14.8 Å². The Morgan fingerprint density at radius 3 is 2.62 bits per heavy atom. The Morgan fingerprint density at radius 1 is 1.29 bits per heavy atom. The van der Waals surface area contributed by atoms with Crippen molar-refractivity contribution in [2.75, 3.05) is 31.7 Å². The largest absolute Gasteiger partial charge is 0.379 e. The normalized spacial score (nSPS) is 10.9. The van der Waals surface area contributed by atoms with E-state index in [0.717, 1.165) is 5.56 Å². The molecule has 0 radical (unpaired) electrons. The molecule has 6 nitrogen and oxygen atoms in total. The van der Waals surface area contributed by atoms with Gasteiger partial charge in [0.05, 0.1) is 24.7 Å². The number of hydrogen-bond donors (Lipinski definition) is 1. The van der Waals surface area contributed by atoms with E-state index in [1.54, 1.807) is 6.07 Å². The molecule has 0 saturated heterocycles. The molecule has 0 saturated carbocycles. The number of nitrogens with zero attached hydrogens (tertiary/aromatic N) is 1. The van der Waals surface area contributed by atoms with Crippen LogP contribution in [0, 0.1) is 16.0 Å². The first-order chi connectivity index (χ1) is 10.1. The van der Waals surface area contributed by atoms with E-state index in [1.165, 1.54) is 6.07 Å². The van der Waals surface area contributed by atoms with Crippen molar-refractivity contribution in [3.05, 3.63) is 33.9 Å².